The van der Waals surface area contributed by atoms with Crippen LogP contribution >= 0.6 is 23.2 Å². The van der Waals surface area contributed by atoms with Crippen molar-refractivity contribution in [3.63, 3.8) is 0 Å². The van der Waals surface area contributed by atoms with E-state index in [0.29, 0.717) is 0 Å². The minimum atomic E-state index is -1.77. The molecule has 0 aromatic carbocycles. The van der Waals surface area contributed by atoms with Crippen molar-refractivity contribution < 1.29 is 14.9 Å². The molecule has 1 aliphatic rings. The van der Waals surface area contributed by atoms with E-state index in [-0.39, 0.29) is 5.82 Å². The number of aromatic nitrogens is 3. The zero-order chi connectivity index (χ0) is 15.8. The summed E-state index contributed by atoms with van der Waals surface area (Å²) in [6.45, 7) is 1.40. The summed E-state index contributed by atoms with van der Waals surface area (Å²) < 4.78 is 6.22. The molecule has 1 aromatic heterocycles. The first-order valence-corrected chi connectivity index (χ1v) is 6.61. The Hall–Kier alpha value is -1.37. The fourth-order valence-corrected chi connectivity index (χ4v) is 2.57. The molecular formula is C11H12Cl2N4O4. The molecule has 10 heteroatoms. The van der Waals surface area contributed by atoms with Gasteiger partial charge < -0.3 is 20.7 Å². The Morgan fingerprint density at radius 2 is 2.33 bits per heavy atom. The van der Waals surface area contributed by atoms with Crippen molar-refractivity contribution in [3.05, 3.63) is 16.7 Å². The summed E-state index contributed by atoms with van der Waals surface area (Å²) in [5.74, 6) is 2.30. The molecule has 1 unspecified atom stereocenters. The number of nitrogens with two attached hydrogens (primary N) is 1. The monoisotopic (exact) mass is 334 g/mol. The van der Waals surface area contributed by atoms with Gasteiger partial charge in [0.1, 0.15) is 18.0 Å². The number of rotatable bonds is 2. The summed E-state index contributed by atoms with van der Waals surface area (Å²) in [6.07, 6.45) is -3.70. The normalized spacial score (nSPS) is 33.3. The number of nitrogen functional groups attached to an aromatic ring is 1. The lowest BCUT2D eigenvalue weighted by Crippen LogP contribution is -2.45. The topological polar surface area (TPSA) is 123 Å². The van der Waals surface area contributed by atoms with Crippen LogP contribution in [-0.4, -0.2) is 48.2 Å². The average molecular weight is 335 g/mol. The molecule has 0 saturated carbocycles. The zero-order valence-corrected chi connectivity index (χ0v) is 12.3. The highest BCUT2D eigenvalue weighted by Crippen LogP contribution is 2.43. The molecule has 4 N–H and O–H groups in total. The lowest BCUT2D eigenvalue weighted by molar-refractivity contribution is -0.0809. The zero-order valence-electron chi connectivity index (χ0n) is 10.8. The van der Waals surface area contributed by atoms with E-state index in [9.17, 15) is 15.0 Å². The molecule has 21 heavy (non-hydrogen) atoms. The van der Waals surface area contributed by atoms with Crippen molar-refractivity contribution in [1.29, 1.82) is 0 Å². The van der Waals surface area contributed by atoms with Crippen LogP contribution in [0, 0.1) is 11.3 Å². The van der Waals surface area contributed by atoms with Gasteiger partial charge in [-0.1, -0.05) is 17.5 Å². The predicted molar refractivity (Wildman–Crippen MR) is 74.5 cm³/mol. The minimum absolute atomic E-state index is 0.0783. The molecule has 1 fully saturated rings. The second-order valence-corrected chi connectivity index (χ2v) is 5.35. The van der Waals surface area contributed by atoms with Crippen LogP contribution in [0.1, 0.15) is 13.2 Å². The fraction of sp³-hybridized carbons (Fsp3) is 0.545. The van der Waals surface area contributed by atoms with Crippen LogP contribution < -0.4 is 11.4 Å². The Labute approximate surface area is 129 Å². The maximum atomic E-state index is 11.8. The maximum absolute atomic E-state index is 11.8. The summed E-state index contributed by atoms with van der Waals surface area (Å²) in [6, 6.07) is 0. The fourth-order valence-electron chi connectivity index (χ4n) is 2.05. The van der Waals surface area contributed by atoms with E-state index in [1.165, 1.54) is 6.92 Å². The van der Waals surface area contributed by atoms with Crippen LogP contribution in [0.2, 0.25) is 0 Å². The van der Waals surface area contributed by atoms with Gasteiger partial charge in [-0.25, -0.2) is 4.79 Å². The molecule has 5 atom stereocenters. The summed E-state index contributed by atoms with van der Waals surface area (Å²) >= 11 is 11.6. The largest absolute Gasteiger partial charge is 0.391 e. The number of halogens is 2. The second-order valence-electron chi connectivity index (χ2n) is 4.53. The van der Waals surface area contributed by atoms with Crippen molar-refractivity contribution in [3.8, 4) is 11.3 Å². The van der Waals surface area contributed by atoms with E-state index >= 15 is 0 Å². The molecule has 0 aliphatic carbocycles. The van der Waals surface area contributed by atoms with E-state index in [4.69, 9.17) is 33.7 Å². The van der Waals surface area contributed by atoms with E-state index in [0.717, 1.165) is 10.9 Å². The molecule has 0 radical (unpaired) electrons. The number of hydrogen-bond acceptors (Lipinski definition) is 7. The third-order valence-electron chi connectivity index (χ3n) is 3.06. The van der Waals surface area contributed by atoms with Crippen LogP contribution in [0.3, 0.4) is 0 Å². The van der Waals surface area contributed by atoms with E-state index in [1.807, 2.05) is 0 Å². The predicted octanol–water partition coefficient (Wildman–Crippen LogP) is -0.963. The molecule has 1 aromatic rings. The van der Waals surface area contributed by atoms with Gasteiger partial charge in [0.25, 0.3) is 0 Å². The molecule has 2 heterocycles. The van der Waals surface area contributed by atoms with Crippen molar-refractivity contribution >= 4 is 29.0 Å². The SMILES string of the molecule is C[C@@H](O)[C@H]1O[C@@H](n2ncc(N)nc2=O)C(Cl)(C#CCl)[C@H]1O. The van der Waals surface area contributed by atoms with Gasteiger partial charge in [-0.2, -0.15) is 14.8 Å². The van der Waals surface area contributed by atoms with Gasteiger partial charge in [0, 0.05) is 5.38 Å². The van der Waals surface area contributed by atoms with E-state index < -0.39 is 35.1 Å². The molecule has 1 aliphatic heterocycles. The summed E-state index contributed by atoms with van der Waals surface area (Å²) in [5, 5.41) is 25.7. The Kier molecular flexibility index (Phi) is 4.41. The number of alkyl halides is 1. The van der Waals surface area contributed by atoms with Crippen molar-refractivity contribution in [1.82, 2.24) is 14.8 Å². The molecule has 0 bridgehead atoms. The standard InChI is InChI=1S/C11H12Cl2N4O4/c1-5(18)7-8(19)11(13,2-3-12)9(21-7)17-10(20)16-6(14)4-15-17/h4-5,7-9,18-19H,1H3,(H2,14,16,20)/t5-,7-,8+,9-,11?/m1/s1. The Bertz CT molecular complexity index is 656. The van der Waals surface area contributed by atoms with Gasteiger partial charge >= 0.3 is 5.69 Å². The van der Waals surface area contributed by atoms with Crippen molar-refractivity contribution in [2.24, 2.45) is 0 Å². The number of aliphatic hydroxyl groups is 2. The Morgan fingerprint density at radius 3 is 2.86 bits per heavy atom. The highest BCUT2D eigenvalue weighted by molar-refractivity contribution is 6.32. The van der Waals surface area contributed by atoms with Gasteiger partial charge in [0.15, 0.2) is 11.1 Å². The number of anilines is 1. The Morgan fingerprint density at radius 1 is 1.67 bits per heavy atom. The summed E-state index contributed by atoms with van der Waals surface area (Å²) in [5.41, 5.74) is 4.52. The molecule has 0 spiro atoms. The van der Waals surface area contributed by atoms with Gasteiger partial charge in [0.2, 0.25) is 0 Å². The van der Waals surface area contributed by atoms with Crippen LogP contribution in [-0.2, 0) is 4.74 Å². The molecule has 114 valence electrons. The van der Waals surface area contributed by atoms with Gasteiger partial charge in [-0.3, -0.25) is 0 Å². The number of nitrogens with zero attached hydrogens (tertiary/aromatic N) is 3. The van der Waals surface area contributed by atoms with E-state index in [1.54, 1.807) is 0 Å². The molecule has 0 amide bonds. The maximum Gasteiger partial charge on any atom is 0.368 e. The first-order valence-electron chi connectivity index (χ1n) is 5.86. The average Bonchev–Trinajstić information content (AvgIpc) is 2.64. The van der Waals surface area contributed by atoms with E-state index in [2.05, 4.69) is 21.4 Å². The molecular weight excluding hydrogens is 323 g/mol. The highest BCUT2D eigenvalue weighted by Gasteiger charge is 2.57. The lowest BCUT2D eigenvalue weighted by Gasteiger charge is -2.24. The first-order chi connectivity index (χ1) is 9.81. The third kappa shape index (κ3) is 2.71. The number of aliphatic hydroxyl groups excluding tert-OH is 2. The lowest BCUT2D eigenvalue weighted by atomic mass is 9.97. The Balaban J connectivity index is 2.54. The molecule has 8 nitrogen and oxygen atoms in total. The van der Waals surface area contributed by atoms with Gasteiger partial charge in [0.05, 0.1) is 12.3 Å². The smallest absolute Gasteiger partial charge is 0.368 e. The second kappa shape index (κ2) is 5.79. The van der Waals surface area contributed by atoms with Crippen LogP contribution in [0.4, 0.5) is 5.82 Å². The van der Waals surface area contributed by atoms with Gasteiger partial charge in [-0.05, 0) is 18.5 Å². The van der Waals surface area contributed by atoms with Crippen LogP contribution in [0.5, 0.6) is 0 Å². The van der Waals surface area contributed by atoms with Crippen molar-refractivity contribution in [2.75, 3.05) is 5.73 Å². The van der Waals surface area contributed by atoms with Crippen LogP contribution in [0.15, 0.2) is 11.0 Å². The number of hydrogen-bond donors (Lipinski definition) is 3. The quantitative estimate of drug-likeness (QED) is 0.470. The third-order valence-corrected chi connectivity index (χ3v) is 3.66. The van der Waals surface area contributed by atoms with Crippen molar-refractivity contribution in [2.45, 2.75) is 36.3 Å². The van der Waals surface area contributed by atoms with Gasteiger partial charge in [-0.15, -0.1) is 0 Å². The summed E-state index contributed by atoms with van der Waals surface area (Å²) in [4.78, 5) is 13.6. The molecule has 2 rings (SSSR count). The first kappa shape index (κ1) is 16.0. The molecule has 1 saturated heterocycles. The summed E-state index contributed by atoms with van der Waals surface area (Å²) in [7, 11) is 0. The number of ether oxygens (including phenoxy) is 1. The van der Waals surface area contributed by atoms with Crippen LogP contribution in [0.25, 0.3) is 0 Å². The minimum Gasteiger partial charge on any atom is -0.391 e. The highest BCUT2D eigenvalue weighted by atomic mass is 35.5.